The summed E-state index contributed by atoms with van der Waals surface area (Å²) in [4.78, 5) is 10.8. The van der Waals surface area contributed by atoms with Crippen LogP contribution in [-0.4, -0.2) is 13.4 Å². The predicted octanol–water partition coefficient (Wildman–Crippen LogP) is 0.0990. The van der Waals surface area contributed by atoms with E-state index in [1.54, 1.807) is 0 Å². The van der Waals surface area contributed by atoms with Crippen LogP contribution in [0.5, 0.6) is 0 Å². The van der Waals surface area contributed by atoms with Gasteiger partial charge in [-0.25, -0.2) is 26.7 Å². The molecule has 3 N–H and O–H groups in total. The minimum Gasteiger partial charge on any atom is -0.320 e. The van der Waals surface area contributed by atoms with Gasteiger partial charge in [-0.2, -0.15) is 0 Å². The first-order valence-corrected chi connectivity index (χ1v) is 5.02. The van der Waals surface area contributed by atoms with E-state index in [9.17, 15) is 26.4 Å². The van der Waals surface area contributed by atoms with Crippen LogP contribution in [0.25, 0.3) is 0 Å². The molecule has 84 valence electrons. The summed E-state index contributed by atoms with van der Waals surface area (Å²) in [5, 5.41) is 4.52. The van der Waals surface area contributed by atoms with E-state index in [2.05, 4.69) is 5.14 Å². The molecule has 0 spiro atoms. The van der Waals surface area contributed by atoms with Gasteiger partial charge in [-0.1, -0.05) is 0 Å². The lowest BCUT2D eigenvalue weighted by atomic mass is 10.3. The van der Waals surface area contributed by atoms with Crippen molar-refractivity contribution in [3.63, 3.8) is 0 Å². The van der Waals surface area contributed by atoms with Gasteiger partial charge in [0.25, 0.3) is 12.0 Å². The van der Waals surface area contributed by atoms with Gasteiger partial charge in [0.15, 0.2) is 5.82 Å². The van der Waals surface area contributed by atoms with Crippen LogP contribution in [0.2, 0.25) is 0 Å². The van der Waals surface area contributed by atoms with Crippen LogP contribution in [0.1, 0.15) is 12.1 Å². The molecule has 9 heteroatoms. The van der Waals surface area contributed by atoms with Crippen LogP contribution in [0, 0.1) is 5.82 Å². The number of H-pyrrole nitrogens is 1. The summed E-state index contributed by atoms with van der Waals surface area (Å²) in [6.07, 6.45) is -3.35. The number of sulfonamides is 1. The largest absolute Gasteiger partial charge is 0.320 e. The summed E-state index contributed by atoms with van der Waals surface area (Å²) in [5.74, 6) is -1.60. The Hall–Kier alpha value is -1.35. The van der Waals surface area contributed by atoms with E-state index in [1.165, 1.54) is 4.98 Å². The maximum absolute atomic E-state index is 13.0. The number of nitrogens with one attached hydrogen (secondary N) is 1. The van der Waals surface area contributed by atoms with Crippen molar-refractivity contribution in [1.82, 2.24) is 4.98 Å². The molecule has 5 nitrogen and oxygen atoms in total. The van der Waals surface area contributed by atoms with Crippen LogP contribution >= 0.6 is 0 Å². The minimum atomic E-state index is -4.65. The van der Waals surface area contributed by atoms with Crippen molar-refractivity contribution in [3.05, 3.63) is 27.9 Å². The van der Waals surface area contributed by atoms with Crippen molar-refractivity contribution in [2.75, 3.05) is 0 Å². The summed E-state index contributed by atoms with van der Waals surface area (Å²) in [5.41, 5.74) is -2.52. The highest BCUT2D eigenvalue weighted by Crippen LogP contribution is 2.24. The van der Waals surface area contributed by atoms with E-state index in [0.717, 1.165) is 0 Å². The molecule has 0 aliphatic carbocycles. The van der Waals surface area contributed by atoms with Crippen molar-refractivity contribution in [1.29, 1.82) is 0 Å². The molecule has 0 saturated carbocycles. The zero-order valence-corrected chi connectivity index (χ0v) is 7.82. The lowest BCUT2D eigenvalue weighted by molar-refractivity contribution is 0.141. The number of hydrogen-bond donors (Lipinski definition) is 2. The molecule has 0 saturated heterocycles. The second kappa shape index (κ2) is 3.66. The summed E-state index contributed by atoms with van der Waals surface area (Å²) in [6, 6.07) is 0.228. The van der Waals surface area contributed by atoms with E-state index >= 15 is 0 Å². The average Bonchev–Trinajstić information content (AvgIpc) is 1.99. The standard InChI is InChI=1S/C6H5F3N2O3S/c7-2-1-3(12)11-4(6(8)9)5(2)15(10,13)14/h1,6H,(H,11,12)(H2,10,13,14). The van der Waals surface area contributed by atoms with Gasteiger partial charge in [0.2, 0.25) is 10.0 Å². The molecule has 0 amide bonds. The van der Waals surface area contributed by atoms with Crippen LogP contribution in [0.3, 0.4) is 0 Å². The molecule has 0 bridgehead atoms. The third-order valence-corrected chi connectivity index (χ3v) is 2.46. The first kappa shape index (κ1) is 11.7. The van der Waals surface area contributed by atoms with Gasteiger partial charge in [0, 0.05) is 6.07 Å². The molecule has 0 atom stereocenters. The lowest BCUT2D eigenvalue weighted by Crippen LogP contribution is -2.21. The molecule has 0 fully saturated rings. The normalized spacial score (nSPS) is 12.1. The van der Waals surface area contributed by atoms with Crippen molar-refractivity contribution in [2.24, 2.45) is 5.14 Å². The zero-order valence-electron chi connectivity index (χ0n) is 7.00. The maximum Gasteiger partial charge on any atom is 0.279 e. The Balaban J connectivity index is 3.70. The van der Waals surface area contributed by atoms with Gasteiger partial charge in [-0.05, 0) is 0 Å². The third-order valence-electron chi connectivity index (χ3n) is 1.48. The van der Waals surface area contributed by atoms with Gasteiger partial charge in [-0.15, -0.1) is 0 Å². The zero-order chi connectivity index (χ0) is 11.8. The molecular weight excluding hydrogens is 237 g/mol. The number of hydrogen-bond acceptors (Lipinski definition) is 3. The topological polar surface area (TPSA) is 93.0 Å². The Morgan fingerprint density at radius 3 is 2.33 bits per heavy atom. The van der Waals surface area contributed by atoms with Gasteiger partial charge in [0.1, 0.15) is 10.6 Å². The lowest BCUT2D eigenvalue weighted by Gasteiger charge is -2.06. The molecule has 0 aliphatic rings. The molecule has 0 radical (unpaired) electrons. The van der Waals surface area contributed by atoms with Crippen LogP contribution in [0.15, 0.2) is 15.8 Å². The highest BCUT2D eigenvalue weighted by atomic mass is 32.2. The Morgan fingerprint density at radius 1 is 1.40 bits per heavy atom. The molecular formula is C6H5F3N2O3S. The molecule has 1 rings (SSSR count). The number of rotatable bonds is 2. The van der Waals surface area contributed by atoms with Gasteiger partial charge >= 0.3 is 0 Å². The second-order valence-corrected chi connectivity index (χ2v) is 4.07. The third kappa shape index (κ3) is 2.36. The van der Waals surface area contributed by atoms with E-state index in [4.69, 9.17) is 0 Å². The summed E-state index contributed by atoms with van der Waals surface area (Å²) in [7, 11) is -4.65. The summed E-state index contributed by atoms with van der Waals surface area (Å²) >= 11 is 0. The number of aromatic amines is 1. The van der Waals surface area contributed by atoms with Gasteiger partial charge in [-0.3, -0.25) is 4.79 Å². The molecule has 15 heavy (non-hydrogen) atoms. The predicted molar refractivity (Wildman–Crippen MR) is 43.4 cm³/mol. The molecule has 1 aromatic heterocycles. The molecule has 0 aromatic carbocycles. The summed E-state index contributed by atoms with van der Waals surface area (Å²) < 4.78 is 59.0. The number of alkyl halides is 2. The fourth-order valence-electron chi connectivity index (χ4n) is 0.978. The molecule has 0 unspecified atom stereocenters. The first-order valence-electron chi connectivity index (χ1n) is 3.47. The molecule has 0 aliphatic heterocycles. The fourth-order valence-corrected chi connectivity index (χ4v) is 1.76. The van der Waals surface area contributed by atoms with E-state index in [1.807, 2.05) is 0 Å². The minimum absolute atomic E-state index is 0.228. The van der Waals surface area contributed by atoms with Crippen molar-refractivity contribution in [2.45, 2.75) is 11.3 Å². The van der Waals surface area contributed by atoms with Crippen molar-refractivity contribution in [3.8, 4) is 0 Å². The SMILES string of the molecule is NS(=O)(=O)c1c(F)cc(=O)[nH]c1C(F)F. The smallest absolute Gasteiger partial charge is 0.279 e. The number of pyridine rings is 1. The number of nitrogens with two attached hydrogens (primary N) is 1. The number of primary sulfonamides is 1. The van der Waals surface area contributed by atoms with Crippen molar-refractivity contribution >= 4 is 10.0 Å². The van der Waals surface area contributed by atoms with Crippen LogP contribution < -0.4 is 10.7 Å². The second-order valence-electron chi connectivity index (χ2n) is 2.57. The van der Waals surface area contributed by atoms with Crippen LogP contribution in [0.4, 0.5) is 13.2 Å². The van der Waals surface area contributed by atoms with Crippen LogP contribution in [-0.2, 0) is 10.0 Å². The monoisotopic (exact) mass is 242 g/mol. The Bertz CT molecular complexity index is 537. The highest BCUT2D eigenvalue weighted by Gasteiger charge is 2.26. The fraction of sp³-hybridized carbons (Fsp3) is 0.167. The first-order chi connectivity index (χ1) is 6.73. The maximum atomic E-state index is 13.0. The Labute approximate surface area is 81.8 Å². The highest BCUT2D eigenvalue weighted by molar-refractivity contribution is 7.89. The Morgan fingerprint density at radius 2 is 1.93 bits per heavy atom. The average molecular weight is 242 g/mol. The van der Waals surface area contributed by atoms with Gasteiger partial charge in [0.05, 0.1) is 0 Å². The van der Waals surface area contributed by atoms with E-state index in [-0.39, 0.29) is 6.07 Å². The molecule has 1 aromatic rings. The van der Waals surface area contributed by atoms with E-state index < -0.39 is 38.4 Å². The van der Waals surface area contributed by atoms with Crippen molar-refractivity contribution < 1.29 is 21.6 Å². The molecule has 1 heterocycles. The Kier molecular flexibility index (Phi) is 2.86. The van der Waals surface area contributed by atoms with E-state index in [0.29, 0.717) is 0 Å². The summed E-state index contributed by atoms with van der Waals surface area (Å²) in [6.45, 7) is 0. The number of aromatic nitrogens is 1. The van der Waals surface area contributed by atoms with Gasteiger partial charge < -0.3 is 4.98 Å². The number of halogens is 3. The quantitative estimate of drug-likeness (QED) is 0.770.